The Hall–Kier alpha value is -2.33. The van der Waals surface area contributed by atoms with Crippen molar-refractivity contribution in [2.75, 3.05) is 5.32 Å². The SMILES string of the molecule is N#Cc1ccc(NCc2oncc2C(=O)O)c(Br)c1. The zero-order valence-electron chi connectivity index (χ0n) is 9.55. The number of nitrogens with zero attached hydrogens (tertiary/aromatic N) is 2. The number of hydrogen-bond acceptors (Lipinski definition) is 5. The first kappa shape index (κ1) is 13.1. The van der Waals surface area contributed by atoms with Crippen LogP contribution in [-0.4, -0.2) is 16.2 Å². The zero-order chi connectivity index (χ0) is 13.8. The van der Waals surface area contributed by atoms with E-state index in [1.165, 1.54) is 0 Å². The summed E-state index contributed by atoms with van der Waals surface area (Å²) in [7, 11) is 0. The molecule has 0 saturated carbocycles. The minimum atomic E-state index is -1.09. The summed E-state index contributed by atoms with van der Waals surface area (Å²) in [6, 6.07) is 7.07. The van der Waals surface area contributed by atoms with Crippen molar-refractivity contribution in [2.24, 2.45) is 0 Å². The van der Waals surface area contributed by atoms with Crippen LogP contribution in [0.25, 0.3) is 0 Å². The lowest BCUT2D eigenvalue weighted by atomic mass is 10.2. The highest BCUT2D eigenvalue weighted by molar-refractivity contribution is 9.10. The van der Waals surface area contributed by atoms with Gasteiger partial charge in [0.2, 0.25) is 0 Å². The number of aromatic carboxylic acids is 1. The van der Waals surface area contributed by atoms with Gasteiger partial charge < -0.3 is 14.9 Å². The topological polar surface area (TPSA) is 99.2 Å². The number of nitrogens with one attached hydrogen (secondary N) is 1. The van der Waals surface area contributed by atoms with E-state index in [0.29, 0.717) is 10.0 Å². The molecule has 0 aliphatic rings. The molecule has 0 radical (unpaired) electrons. The molecular formula is C12H8BrN3O3. The average Bonchev–Trinajstić information content (AvgIpc) is 2.85. The number of rotatable bonds is 4. The summed E-state index contributed by atoms with van der Waals surface area (Å²) in [6.45, 7) is 0.187. The molecule has 0 aliphatic carbocycles. The van der Waals surface area contributed by atoms with Crippen LogP contribution >= 0.6 is 15.9 Å². The Bertz CT molecular complexity index is 660. The number of carboxylic acids is 1. The van der Waals surface area contributed by atoms with Crippen molar-refractivity contribution in [3.63, 3.8) is 0 Å². The van der Waals surface area contributed by atoms with E-state index in [2.05, 4.69) is 26.4 Å². The first-order chi connectivity index (χ1) is 9.11. The monoisotopic (exact) mass is 321 g/mol. The molecule has 0 bridgehead atoms. The highest BCUT2D eigenvalue weighted by Crippen LogP contribution is 2.24. The van der Waals surface area contributed by atoms with Crippen molar-refractivity contribution in [2.45, 2.75) is 6.54 Å². The predicted octanol–water partition coefficient (Wildman–Crippen LogP) is 2.62. The third kappa shape index (κ3) is 2.92. The van der Waals surface area contributed by atoms with Crippen LogP contribution in [0.4, 0.5) is 5.69 Å². The fraction of sp³-hybridized carbons (Fsp3) is 0.0833. The second kappa shape index (κ2) is 5.54. The fourth-order valence-electron chi connectivity index (χ4n) is 1.47. The highest BCUT2D eigenvalue weighted by Gasteiger charge is 2.14. The second-order valence-electron chi connectivity index (χ2n) is 3.63. The maximum Gasteiger partial charge on any atom is 0.341 e. The average molecular weight is 322 g/mol. The molecule has 2 N–H and O–H groups in total. The minimum absolute atomic E-state index is 0.0252. The molecule has 0 fully saturated rings. The molecule has 6 nitrogen and oxygen atoms in total. The van der Waals surface area contributed by atoms with Crippen LogP contribution in [-0.2, 0) is 6.54 Å². The number of carboxylic acid groups (broad SMARTS) is 1. The summed E-state index contributed by atoms with van der Waals surface area (Å²) in [5.41, 5.74) is 1.28. The van der Waals surface area contributed by atoms with Crippen molar-refractivity contribution in [1.29, 1.82) is 5.26 Å². The van der Waals surface area contributed by atoms with Crippen molar-refractivity contribution >= 4 is 27.6 Å². The van der Waals surface area contributed by atoms with Gasteiger partial charge in [-0.3, -0.25) is 0 Å². The summed E-state index contributed by atoms with van der Waals surface area (Å²) in [4.78, 5) is 10.9. The van der Waals surface area contributed by atoms with Crippen LogP contribution in [0.5, 0.6) is 0 Å². The van der Waals surface area contributed by atoms with Gasteiger partial charge >= 0.3 is 5.97 Å². The molecule has 7 heteroatoms. The zero-order valence-corrected chi connectivity index (χ0v) is 11.1. The maximum atomic E-state index is 10.9. The molecule has 0 atom stereocenters. The van der Waals surface area contributed by atoms with E-state index in [1.54, 1.807) is 18.2 Å². The van der Waals surface area contributed by atoms with Gasteiger partial charge in [-0.15, -0.1) is 0 Å². The van der Waals surface area contributed by atoms with Crippen LogP contribution in [0.15, 0.2) is 33.4 Å². The van der Waals surface area contributed by atoms with Gasteiger partial charge in [0.25, 0.3) is 0 Å². The molecule has 0 unspecified atom stereocenters. The van der Waals surface area contributed by atoms with E-state index in [4.69, 9.17) is 14.9 Å². The maximum absolute atomic E-state index is 10.9. The van der Waals surface area contributed by atoms with E-state index in [0.717, 1.165) is 11.9 Å². The molecule has 1 aromatic carbocycles. The predicted molar refractivity (Wildman–Crippen MR) is 69.6 cm³/mol. The molecule has 2 aromatic rings. The van der Waals surface area contributed by atoms with Crippen molar-refractivity contribution in [3.8, 4) is 6.07 Å². The van der Waals surface area contributed by atoms with Crippen LogP contribution < -0.4 is 5.32 Å². The smallest absolute Gasteiger partial charge is 0.341 e. The van der Waals surface area contributed by atoms with E-state index >= 15 is 0 Å². The highest BCUT2D eigenvalue weighted by atomic mass is 79.9. The van der Waals surface area contributed by atoms with E-state index in [1.807, 2.05) is 6.07 Å². The third-order valence-electron chi connectivity index (χ3n) is 2.41. The van der Waals surface area contributed by atoms with E-state index in [-0.39, 0.29) is 17.9 Å². The number of hydrogen-bond donors (Lipinski definition) is 2. The molecule has 0 spiro atoms. The minimum Gasteiger partial charge on any atom is -0.478 e. The van der Waals surface area contributed by atoms with Gasteiger partial charge in [0.15, 0.2) is 5.76 Å². The van der Waals surface area contributed by atoms with Gasteiger partial charge in [-0.1, -0.05) is 5.16 Å². The molecular weight excluding hydrogens is 314 g/mol. The number of aromatic nitrogens is 1. The van der Waals surface area contributed by atoms with Crippen LogP contribution in [0.1, 0.15) is 21.7 Å². The number of anilines is 1. The number of halogens is 1. The first-order valence-corrected chi connectivity index (χ1v) is 6.01. The molecule has 0 amide bonds. The lowest BCUT2D eigenvalue weighted by Crippen LogP contribution is -2.05. The quantitative estimate of drug-likeness (QED) is 0.898. The Labute approximate surface area is 116 Å². The van der Waals surface area contributed by atoms with Crippen LogP contribution in [0.2, 0.25) is 0 Å². The lowest BCUT2D eigenvalue weighted by Gasteiger charge is -2.07. The molecule has 0 saturated heterocycles. The Morgan fingerprint density at radius 1 is 1.58 bits per heavy atom. The van der Waals surface area contributed by atoms with Crippen molar-refractivity contribution in [1.82, 2.24) is 5.16 Å². The fourth-order valence-corrected chi connectivity index (χ4v) is 1.99. The Morgan fingerprint density at radius 2 is 2.37 bits per heavy atom. The molecule has 1 aromatic heterocycles. The lowest BCUT2D eigenvalue weighted by molar-refractivity contribution is 0.0694. The van der Waals surface area contributed by atoms with Gasteiger partial charge in [-0.25, -0.2) is 4.79 Å². The van der Waals surface area contributed by atoms with Gasteiger partial charge in [-0.2, -0.15) is 5.26 Å². The van der Waals surface area contributed by atoms with Gasteiger partial charge in [0.05, 0.1) is 24.4 Å². The summed E-state index contributed by atoms with van der Waals surface area (Å²) in [6.07, 6.45) is 1.16. The summed E-state index contributed by atoms with van der Waals surface area (Å²) >= 11 is 3.32. The third-order valence-corrected chi connectivity index (χ3v) is 3.07. The second-order valence-corrected chi connectivity index (χ2v) is 4.48. The Morgan fingerprint density at radius 3 is 3.00 bits per heavy atom. The molecule has 96 valence electrons. The van der Waals surface area contributed by atoms with Gasteiger partial charge in [-0.05, 0) is 34.1 Å². The summed E-state index contributed by atoms with van der Waals surface area (Å²) in [5.74, 6) is -0.847. The number of benzene rings is 1. The normalized spacial score (nSPS) is 9.89. The van der Waals surface area contributed by atoms with E-state index < -0.39 is 5.97 Å². The van der Waals surface area contributed by atoms with E-state index in [9.17, 15) is 4.79 Å². The summed E-state index contributed by atoms with van der Waals surface area (Å²) < 4.78 is 5.58. The standard InChI is InChI=1S/C12H8BrN3O3/c13-9-3-7(4-14)1-2-10(9)15-6-11-8(12(17)18)5-16-19-11/h1-3,5,15H,6H2,(H,17,18). The Balaban J connectivity index is 2.13. The van der Waals surface area contributed by atoms with Crippen molar-refractivity contribution < 1.29 is 14.4 Å². The number of carbonyl (C=O) groups is 1. The largest absolute Gasteiger partial charge is 0.478 e. The van der Waals surface area contributed by atoms with Crippen LogP contribution in [0, 0.1) is 11.3 Å². The number of nitriles is 1. The molecule has 0 aliphatic heterocycles. The first-order valence-electron chi connectivity index (χ1n) is 5.22. The molecule has 1 heterocycles. The van der Waals surface area contributed by atoms with Gasteiger partial charge in [0.1, 0.15) is 5.56 Å². The van der Waals surface area contributed by atoms with Crippen molar-refractivity contribution in [3.05, 3.63) is 45.8 Å². The molecule has 2 rings (SSSR count). The van der Waals surface area contributed by atoms with Gasteiger partial charge in [0, 0.05) is 10.2 Å². The molecule has 19 heavy (non-hydrogen) atoms. The van der Waals surface area contributed by atoms with Crippen LogP contribution in [0.3, 0.4) is 0 Å². The Kier molecular flexibility index (Phi) is 3.82. The summed E-state index contributed by atoms with van der Waals surface area (Å²) in [5, 5.41) is 24.1.